The first kappa shape index (κ1) is 12.4. The van der Waals surface area contributed by atoms with E-state index in [1.54, 1.807) is 0 Å². The largest absolute Gasteiger partial charge is 0.379 e. The van der Waals surface area contributed by atoms with E-state index >= 15 is 0 Å². The number of anilines is 1. The van der Waals surface area contributed by atoms with Crippen LogP contribution in [0.15, 0.2) is 22.8 Å². The molecule has 1 atom stereocenters. The van der Waals surface area contributed by atoms with Gasteiger partial charge < -0.3 is 9.64 Å². The summed E-state index contributed by atoms with van der Waals surface area (Å²) in [6, 6.07) is 4.82. The van der Waals surface area contributed by atoms with Gasteiger partial charge >= 0.3 is 0 Å². The average Bonchev–Trinajstić information content (AvgIpc) is 2.90. The van der Waals surface area contributed by atoms with Crippen molar-refractivity contribution in [2.24, 2.45) is 0 Å². The topological polar surface area (TPSA) is 28.6 Å². The van der Waals surface area contributed by atoms with E-state index in [1.165, 1.54) is 6.42 Å². The SMILES string of the molecule is Brc1ccc(N2CCC(N3CCOCC3)C2)nc1. The summed E-state index contributed by atoms with van der Waals surface area (Å²) in [5.74, 6) is 1.09. The molecule has 0 aliphatic carbocycles. The van der Waals surface area contributed by atoms with Crippen molar-refractivity contribution < 1.29 is 4.74 Å². The maximum Gasteiger partial charge on any atom is 0.128 e. The second-order valence-electron chi connectivity index (χ2n) is 4.87. The molecule has 1 aromatic rings. The highest BCUT2D eigenvalue weighted by Crippen LogP contribution is 2.22. The third-order valence-electron chi connectivity index (χ3n) is 3.76. The number of hydrogen-bond acceptors (Lipinski definition) is 4. The normalized spacial score (nSPS) is 25.6. The number of pyridine rings is 1. The molecule has 0 saturated carbocycles. The number of morpholine rings is 1. The Hall–Kier alpha value is -0.650. The Labute approximate surface area is 116 Å². The van der Waals surface area contributed by atoms with Gasteiger partial charge in [-0.15, -0.1) is 0 Å². The molecule has 1 unspecified atom stereocenters. The Kier molecular flexibility index (Phi) is 3.82. The van der Waals surface area contributed by atoms with Crippen molar-refractivity contribution in [2.75, 3.05) is 44.3 Å². The Morgan fingerprint density at radius 2 is 2.06 bits per heavy atom. The molecule has 2 aliphatic rings. The summed E-state index contributed by atoms with van der Waals surface area (Å²) in [6.45, 7) is 6.11. The Morgan fingerprint density at radius 3 is 2.78 bits per heavy atom. The standard InChI is InChI=1S/C13H18BrN3O/c14-11-1-2-13(15-9-11)17-4-3-12(10-17)16-5-7-18-8-6-16/h1-2,9,12H,3-8,10H2. The minimum Gasteiger partial charge on any atom is -0.379 e. The Morgan fingerprint density at radius 1 is 1.22 bits per heavy atom. The molecular formula is C13H18BrN3O. The monoisotopic (exact) mass is 311 g/mol. The van der Waals surface area contributed by atoms with Gasteiger partial charge in [0.15, 0.2) is 0 Å². The van der Waals surface area contributed by atoms with Crippen LogP contribution in [-0.4, -0.2) is 55.3 Å². The number of halogens is 1. The predicted octanol–water partition coefficient (Wildman–Crippen LogP) is 1.75. The van der Waals surface area contributed by atoms with E-state index in [4.69, 9.17) is 4.74 Å². The van der Waals surface area contributed by atoms with Crippen molar-refractivity contribution in [1.82, 2.24) is 9.88 Å². The molecule has 2 saturated heterocycles. The molecule has 0 spiro atoms. The van der Waals surface area contributed by atoms with Gasteiger partial charge in [-0.25, -0.2) is 4.98 Å². The highest BCUT2D eigenvalue weighted by atomic mass is 79.9. The van der Waals surface area contributed by atoms with Gasteiger partial charge in [-0.1, -0.05) is 0 Å². The minimum absolute atomic E-state index is 0.666. The fourth-order valence-electron chi connectivity index (χ4n) is 2.75. The quantitative estimate of drug-likeness (QED) is 0.832. The molecule has 0 radical (unpaired) electrons. The van der Waals surface area contributed by atoms with Gasteiger partial charge in [0, 0.05) is 42.9 Å². The second kappa shape index (κ2) is 5.55. The van der Waals surface area contributed by atoms with Crippen LogP contribution in [0.5, 0.6) is 0 Å². The number of nitrogens with zero attached hydrogens (tertiary/aromatic N) is 3. The van der Waals surface area contributed by atoms with Crippen LogP contribution in [0.1, 0.15) is 6.42 Å². The van der Waals surface area contributed by atoms with Crippen LogP contribution in [0.25, 0.3) is 0 Å². The number of hydrogen-bond donors (Lipinski definition) is 0. The lowest BCUT2D eigenvalue weighted by Gasteiger charge is -2.32. The molecule has 0 bridgehead atoms. The smallest absolute Gasteiger partial charge is 0.128 e. The predicted molar refractivity (Wildman–Crippen MR) is 74.9 cm³/mol. The fourth-order valence-corrected chi connectivity index (χ4v) is 2.98. The molecule has 3 heterocycles. The molecular weight excluding hydrogens is 294 g/mol. The lowest BCUT2D eigenvalue weighted by atomic mass is 10.2. The summed E-state index contributed by atoms with van der Waals surface area (Å²) in [5.41, 5.74) is 0. The van der Waals surface area contributed by atoms with Gasteiger partial charge in [-0.2, -0.15) is 0 Å². The molecule has 0 N–H and O–H groups in total. The summed E-state index contributed by atoms with van der Waals surface area (Å²) < 4.78 is 6.45. The zero-order valence-corrected chi connectivity index (χ0v) is 12.0. The summed E-state index contributed by atoms with van der Waals surface area (Å²) in [4.78, 5) is 9.42. The molecule has 5 heteroatoms. The molecule has 18 heavy (non-hydrogen) atoms. The molecule has 2 aliphatic heterocycles. The molecule has 2 fully saturated rings. The maximum atomic E-state index is 5.41. The second-order valence-corrected chi connectivity index (χ2v) is 5.79. The van der Waals surface area contributed by atoms with Crippen LogP contribution in [0.2, 0.25) is 0 Å². The van der Waals surface area contributed by atoms with Crippen LogP contribution in [-0.2, 0) is 4.74 Å². The van der Waals surface area contributed by atoms with Gasteiger partial charge in [-0.05, 0) is 34.5 Å². The van der Waals surface area contributed by atoms with E-state index in [1.807, 2.05) is 6.20 Å². The third kappa shape index (κ3) is 2.68. The first-order valence-electron chi connectivity index (χ1n) is 6.51. The number of aromatic nitrogens is 1. The summed E-state index contributed by atoms with van der Waals surface area (Å²) >= 11 is 3.43. The zero-order chi connectivity index (χ0) is 12.4. The van der Waals surface area contributed by atoms with Gasteiger partial charge in [0.25, 0.3) is 0 Å². The summed E-state index contributed by atoms with van der Waals surface area (Å²) in [6.07, 6.45) is 3.11. The number of rotatable bonds is 2. The van der Waals surface area contributed by atoms with Gasteiger partial charge in [0.05, 0.1) is 13.2 Å². The molecule has 1 aromatic heterocycles. The minimum atomic E-state index is 0.666. The third-order valence-corrected chi connectivity index (χ3v) is 4.23. The molecule has 3 rings (SSSR count). The van der Waals surface area contributed by atoms with E-state index < -0.39 is 0 Å². The van der Waals surface area contributed by atoms with Crippen LogP contribution < -0.4 is 4.90 Å². The van der Waals surface area contributed by atoms with Crippen LogP contribution in [0.3, 0.4) is 0 Å². The van der Waals surface area contributed by atoms with Gasteiger partial charge in [-0.3, -0.25) is 4.90 Å². The van der Waals surface area contributed by atoms with E-state index in [0.29, 0.717) is 6.04 Å². The van der Waals surface area contributed by atoms with Gasteiger partial charge in [0.1, 0.15) is 5.82 Å². The van der Waals surface area contributed by atoms with E-state index in [2.05, 4.69) is 42.8 Å². The van der Waals surface area contributed by atoms with Crippen molar-refractivity contribution in [2.45, 2.75) is 12.5 Å². The van der Waals surface area contributed by atoms with E-state index in [0.717, 1.165) is 49.7 Å². The fraction of sp³-hybridized carbons (Fsp3) is 0.615. The summed E-state index contributed by atoms with van der Waals surface area (Å²) in [5, 5.41) is 0. The molecule has 98 valence electrons. The van der Waals surface area contributed by atoms with E-state index in [-0.39, 0.29) is 0 Å². The maximum absolute atomic E-state index is 5.41. The van der Waals surface area contributed by atoms with E-state index in [9.17, 15) is 0 Å². The first-order valence-corrected chi connectivity index (χ1v) is 7.30. The highest BCUT2D eigenvalue weighted by molar-refractivity contribution is 9.10. The van der Waals surface area contributed by atoms with Crippen molar-refractivity contribution in [3.05, 3.63) is 22.8 Å². The van der Waals surface area contributed by atoms with Crippen molar-refractivity contribution in [3.63, 3.8) is 0 Å². The number of ether oxygens (including phenoxy) is 1. The molecule has 4 nitrogen and oxygen atoms in total. The van der Waals surface area contributed by atoms with Crippen LogP contribution in [0.4, 0.5) is 5.82 Å². The van der Waals surface area contributed by atoms with Gasteiger partial charge in [0.2, 0.25) is 0 Å². The van der Waals surface area contributed by atoms with Crippen molar-refractivity contribution in [1.29, 1.82) is 0 Å². The lowest BCUT2D eigenvalue weighted by molar-refractivity contribution is 0.0209. The van der Waals surface area contributed by atoms with Crippen molar-refractivity contribution >= 4 is 21.7 Å². The Balaban J connectivity index is 1.62. The van der Waals surface area contributed by atoms with Crippen molar-refractivity contribution in [3.8, 4) is 0 Å². The summed E-state index contributed by atoms with van der Waals surface area (Å²) in [7, 11) is 0. The Bertz CT molecular complexity index is 392. The highest BCUT2D eigenvalue weighted by Gasteiger charge is 2.29. The van der Waals surface area contributed by atoms with Crippen LogP contribution in [0, 0.1) is 0 Å². The first-order chi connectivity index (χ1) is 8.83. The van der Waals surface area contributed by atoms with Crippen LogP contribution >= 0.6 is 15.9 Å². The zero-order valence-electron chi connectivity index (χ0n) is 10.4. The molecule has 0 amide bonds. The lowest BCUT2D eigenvalue weighted by Crippen LogP contribution is -2.44. The average molecular weight is 312 g/mol. The molecule has 0 aromatic carbocycles.